The third-order valence-corrected chi connectivity index (χ3v) is 7.67. The highest BCUT2D eigenvalue weighted by Crippen LogP contribution is 2.30. The van der Waals surface area contributed by atoms with Crippen molar-refractivity contribution in [2.45, 2.75) is 70.8 Å². The lowest BCUT2D eigenvalue weighted by atomic mass is 9.84. The number of halogens is 3. The number of likely N-dealkylation sites (tertiary alicyclic amines) is 1. The molecule has 3 heterocycles. The van der Waals surface area contributed by atoms with Gasteiger partial charge in [0.25, 0.3) is 5.92 Å². The van der Waals surface area contributed by atoms with Gasteiger partial charge in [0.2, 0.25) is 5.91 Å². The second-order valence-corrected chi connectivity index (χ2v) is 11.0. The van der Waals surface area contributed by atoms with Gasteiger partial charge in [-0.3, -0.25) is 4.79 Å². The number of alkyl halides is 2. The van der Waals surface area contributed by atoms with Crippen LogP contribution >= 0.6 is 0 Å². The second kappa shape index (κ2) is 11.9. The van der Waals surface area contributed by atoms with Crippen LogP contribution in [-0.2, 0) is 11.2 Å². The minimum Gasteiger partial charge on any atom is -0.493 e. The molecule has 1 aromatic carbocycles. The molecule has 2 fully saturated rings. The van der Waals surface area contributed by atoms with Gasteiger partial charge in [-0.25, -0.2) is 13.2 Å². The molecule has 2 N–H and O–H groups in total. The first kappa shape index (κ1) is 28.2. The SMILES string of the molecule is CC(C)c1noc(N2CCC(C(C)CCOc3ccc(CC(N)C(=O)N4CCC(F)(F)C4)c(F)c3)CC2)n1. The van der Waals surface area contributed by atoms with Crippen molar-refractivity contribution < 1.29 is 27.2 Å². The van der Waals surface area contributed by atoms with Gasteiger partial charge < -0.3 is 24.8 Å². The summed E-state index contributed by atoms with van der Waals surface area (Å²) in [5.41, 5.74) is 6.17. The summed E-state index contributed by atoms with van der Waals surface area (Å²) in [5, 5.41) is 4.05. The predicted molar refractivity (Wildman–Crippen MR) is 137 cm³/mol. The van der Waals surface area contributed by atoms with Gasteiger partial charge in [-0.15, -0.1) is 0 Å². The molecule has 4 rings (SSSR count). The molecule has 2 aromatic rings. The molecule has 2 unspecified atom stereocenters. The first-order valence-electron chi connectivity index (χ1n) is 13.4. The number of carbonyl (C=O) groups excluding carboxylic acids is 1. The number of rotatable bonds is 10. The van der Waals surface area contributed by atoms with Crippen molar-refractivity contribution in [1.29, 1.82) is 0 Å². The van der Waals surface area contributed by atoms with Gasteiger partial charge in [0.1, 0.15) is 11.6 Å². The highest BCUT2D eigenvalue weighted by Gasteiger charge is 2.41. The Morgan fingerprint density at radius 1 is 1.24 bits per heavy atom. The number of benzene rings is 1. The molecule has 0 spiro atoms. The third-order valence-electron chi connectivity index (χ3n) is 7.67. The van der Waals surface area contributed by atoms with Crippen molar-refractivity contribution in [2.24, 2.45) is 17.6 Å². The summed E-state index contributed by atoms with van der Waals surface area (Å²) in [7, 11) is 0. The molecule has 1 aromatic heterocycles. The number of piperidine rings is 1. The van der Waals surface area contributed by atoms with Crippen LogP contribution in [0.25, 0.3) is 0 Å². The average Bonchev–Trinajstić information content (AvgIpc) is 3.52. The van der Waals surface area contributed by atoms with Crippen LogP contribution in [0.5, 0.6) is 5.75 Å². The Labute approximate surface area is 221 Å². The van der Waals surface area contributed by atoms with Gasteiger partial charge in [0, 0.05) is 38.0 Å². The highest BCUT2D eigenvalue weighted by molar-refractivity contribution is 5.82. The average molecular weight is 538 g/mol. The van der Waals surface area contributed by atoms with Crippen molar-refractivity contribution in [2.75, 3.05) is 37.7 Å². The van der Waals surface area contributed by atoms with E-state index >= 15 is 0 Å². The molecule has 2 saturated heterocycles. The summed E-state index contributed by atoms with van der Waals surface area (Å²) in [4.78, 5) is 20.1. The molecule has 2 atom stereocenters. The minimum absolute atomic E-state index is 0.0376. The van der Waals surface area contributed by atoms with Crippen LogP contribution in [0.15, 0.2) is 22.7 Å². The number of carbonyl (C=O) groups is 1. The van der Waals surface area contributed by atoms with E-state index in [4.69, 9.17) is 15.0 Å². The van der Waals surface area contributed by atoms with E-state index in [1.807, 2.05) is 13.8 Å². The highest BCUT2D eigenvalue weighted by atomic mass is 19.3. The van der Waals surface area contributed by atoms with Gasteiger partial charge in [-0.1, -0.05) is 32.0 Å². The second-order valence-electron chi connectivity index (χ2n) is 11.0. The molecule has 2 aliphatic rings. The smallest absolute Gasteiger partial charge is 0.324 e. The molecule has 0 radical (unpaired) electrons. The summed E-state index contributed by atoms with van der Waals surface area (Å²) in [6.45, 7) is 7.81. The molecular weight excluding hydrogens is 499 g/mol. The maximum atomic E-state index is 14.7. The first-order chi connectivity index (χ1) is 18.0. The molecule has 38 heavy (non-hydrogen) atoms. The zero-order valence-corrected chi connectivity index (χ0v) is 22.3. The molecular formula is C27H38F3N5O3. The largest absolute Gasteiger partial charge is 0.493 e. The van der Waals surface area contributed by atoms with Crippen LogP contribution in [0.3, 0.4) is 0 Å². The van der Waals surface area contributed by atoms with Crippen LogP contribution in [0.4, 0.5) is 19.2 Å². The van der Waals surface area contributed by atoms with E-state index in [9.17, 15) is 18.0 Å². The molecule has 11 heteroatoms. The third kappa shape index (κ3) is 6.98. The first-order valence-corrected chi connectivity index (χ1v) is 13.4. The van der Waals surface area contributed by atoms with E-state index in [-0.39, 0.29) is 30.9 Å². The van der Waals surface area contributed by atoms with Gasteiger partial charge in [-0.05, 0) is 49.1 Å². The molecule has 2 aliphatic heterocycles. The number of anilines is 1. The Bertz CT molecular complexity index is 1090. The van der Waals surface area contributed by atoms with Gasteiger partial charge in [0.15, 0.2) is 5.82 Å². The lowest BCUT2D eigenvalue weighted by Gasteiger charge is -2.33. The normalized spacial score (nSPS) is 19.7. The van der Waals surface area contributed by atoms with E-state index in [2.05, 4.69) is 22.0 Å². The number of amides is 1. The topological polar surface area (TPSA) is 97.7 Å². The molecule has 1 amide bonds. The molecule has 0 aliphatic carbocycles. The fraction of sp³-hybridized carbons (Fsp3) is 0.667. The zero-order valence-electron chi connectivity index (χ0n) is 22.3. The van der Waals surface area contributed by atoms with Crippen molar-refractivity contribution >= 4 is 11.9 Å². The fourth-order valence-electron chi connectivity index (χ4n) is 5.11. The molecule has 8 nitrogen and oxygen atoms in total. The number of hydrogen-bond acceptors (Lipinski definition) is 7. The Kier molecular flexibility index (Phi) is 8.85. The summed E-state index contributed by atoms with van der Waals surface area (Å²) in [5.74, 6) is -1.64. The molecule has 210 valence electrons. The number of aromatic nitrogens is 2. The minimum atomic E-state index is -2.89. The van der Waals surface area contributed by atoms with Crippen molar-refractivity contribution in [3.8, 4) is 5.75 Å². The Morgan fingerprint density at radius 2 is 1.97 bits per heavy atom. The fourth-order valence-corrected chi connectivity index (χ4v) is 5.11. The monoisotopic (exact) mass is 537 g/mol. The lowest BCUT2D eigenvalue weighted by Crippen LogP contribution is -2.44. The van der Waals surface area contributed by atoms with Crippen LogP contribution in [0, 0.1) is 17.7 Å². The summed E-state index contributed by atoms with van der Waals surface area (Å²) in [6, 6.07) is 4.00. The zero-order chi connectivity index (χ0) is 27.4. The predicted octanol–water partition coefficient (Wildman–Crippen LogP) is 4.39. The van der Waals surface area contributed by atoms with Crippen LogP contribution in [-0.4, -0.2) is 65.7 Å². The Hall–Kier alpha value is -2.82. The van der Waals surface area contributed by atoms with Crippen molar-refractivity contribution in [3.63, 3.8) is 0 Å². The number of ether oxygens (including phenoxy) is 1. The van der Waals surface area contributed by atoms with E-state index < -0.39 is 30.2 Å². The molecule has 0 saturated carbocycles. The van der Waals surface area contributed by atoms with Crippen molar-refractivity contribution in [3.05, 3.63) is 35.4 Å². The quantitative estimate of drug-likeness (QED) is 0.480. The van der Waals surface area contributed by atoms with E-state index in [1.165, 1.54) is 12.1 Å². The van der Waals surface area contributed by atoms with Gasteiger partial charge in [-0.2, -0.15) is 4.98 Å². The molecule has 0 bridgehead atoms. The maximum Gasteiger partial charge on any atom is 0.324 e. The number of nitrogens with zero attached hydrogens (tertiary/aromatic N) is 4. The van der Waals surface area contributed by atoms with Crippen LogP contribution < -0.4 is 15.4 Å². The van der Waals surface area contributed by atoms with E-state index in [0.29, 0.717) is 30.2 Å². The standard InChI is InChI=1S/C27H38F3N5O3/c1-17(2)24-32-26(38-33-24)34-10-6-19(7-11-34)18(3)8-13-37-21-5-4-20(22(28)15-21)14-23(31)25(36)35-12-9-27(29,30)16-35/h4-5,15,17-19,23H,6-14,16,31H2,1-3H3. The maximum absolute atomic E-state index is 14.7. The van der Waals surface area contributed by atoms with Crippen molar-refractivity contribution in [1.82, 2.24) is 15.0 Å². The van der Waals surface area contributed by atoms with E-state index in [0.717, 1.165) is 43.1 Å². The number of hydrogen-bond donors (Lipinski definition) is 1. The van der Waals surface area contributed by atoms with E-state index in [1.54, 1.807) is 6.07 Å². The summed E-state index contributed by atoms with van der Waals surface area (Å²) < 4.78 is 52.7. The number of nitrogens with two attached hydrogens (primary N) is 1. The summed E-state index contributed by atoms with van der Waals surface area (Å²) in [6.07, 6.45) is 2.45. The Balaban J connectivity index is 1.19. The van der Waals surface area contributed by atoms with Gasteiger partial charge >= 0.3 is 6.01 Å². The summed E-state index contributed by atoms with van der Waals surface area (Å²) >= 11 is 0. The van der Waals surface area contributed by atoms with Crippen LogP contribution in [0.1, 0.15) is 63.8 Å². The Morgan fingerprint density at radius 3 is 2.58 bits per heavy atom. The van der Waals surface area contributed by atoms with Crippen LogP contribution in [0.2, 0.25) is 0 Å². The lowest BCUT2D eigenvalue weighted by molar-refractivity contribution is -0.133. The van der Waals surface area contributed by atoms with Gasteiger partial charge in [0.05, 0.1) is 19.2 Å².